The van der Waals surface area contributed by atoms with Gasteiger partial charge in [0.2, 0.25) is 0 Å². The number of nitriles is 1. The van der Waals surface area contributed by atoms with Crippen molar-refractivity contribution in [2.75, 3.05) is 11.4 Å². The van der Waals surface area contributed by atoms with Gasteiger partial charge in [0, 0.05) is 30.2 Å². The van der Waals surface area contributed by atoms with E-state index in [1.54, 1.807) is 12.3 Å². The highest BCUT2D eigenvalue weighted by Crippen LogP contribution is 2.32. The van der Waals surface area contributed by atoms with Crippen molar-refractivity contribution in [1.29, 1.82) is 5.26 Å². The van der Waals surface area contributed by atoms with E-state index in [1.807, 2.05) is 17.2 Å². The monoisotopic (exact) mass is 254 g/mol. The summed E-state index contributed by atoms with van der Waals surface area (Å²) in [4.78, 5) is 1.89. The summed E-state index contributed by atoms with van der Waals surface area (Å²) < 4.78 is 13.2. The van der Waals surface area contributed by atoms with E-state index in [-0.39, 0.29) is 5.82 Å². The van der Waals surface area contributed by atoms with Gasteiger partial charge in [-0.3, -0.25) is 0 Å². The third kappa shape index (κ3) is 1.83. The molecule has 0 radical (unpaired) electrons. The lowest BCUT2D eigenvalue weighted by Crippen LogP contribution is -2.22. The number of hydrogen-bond donors (Lipinski definition) is 2. The number of nitrogens with one attached hydrogen (secondary N) is 1. The number of rotatable bonds is 1. The van der Waals surface area contributed by atoms with Crippen molar-refractivity contribution >= 4 is 5.69 Å². The van der Waals surface area contributed by atoms with Crippen LogP contribution in [0.5, 0.6) is 0 Å². The van der Waals surface area contributed by atoms with Crippen LogP contribution in [0.15, 0.2) is 59.2 Å². The van der Waals surface area contributed by atoms with Crippen molar-refractivity contribution in [2.24, 2.45) is 5.73 Å². The Labute approximate surface area is 109 Å². The van der Waals surface area contributed by atoms with Gasteiger partial charge in [0.25, 0.3) is 0 Å². The predicted molar refractivity (Wildman–Crippen MR) is 69.9 cm³/mol. The molecule has 0 amide bonds. The van der Waals surface area contributed by atoms with Crippen LogP contribution in [-0.4, -0.2) is 6.54 Å². The number of fused-ring (bicyclic) bond motifs is 1. The summed E-state index contributed by atoms with van der Waals surface area (Å²) in [5.41, 5.74) is 8.67. The number of allylic oxidation sites excluding steroid dienone is 1. The molecule has 94 valence electrons. The van der Waals surface area contributed by atoms with Gasteiger partial charge >= 0.3 is 0 Å². The van der Waals surface area contributed by atoms with Crippen LogP contribution >= 0.6 is 0 Å². The summed E-state index contributed by atoms with van der Waals surface area (Å²) >= 11 is 0. The molecule has 1 aromatic carbocycles. The van der Waals surface area contributed by atoms with Crippen LogP contribution in [0, 0.1) is 17.1 Å². The Kier molecular flexibility index (Phi) is 2.50. The molecule has 3 rings (SSSR count). The van der Waals surface area contributed by atoms with E-state index in [4.69, 9.17) is 11.0 Å². The normalized spacial score (nSPS) is 17.4. The fourth-order valence-electron chi connectivity index (χ4n) is 2.22. The molecule has 1 aromatic rings. The maximum absolute atomic E-state index is 13.2. The number of benzene rings is 1. The van der Waals surface area contributed by atoms with Crippen LogP contribution in [0.1, 0.15) is 0 Å². The first-order valence-corrected chi connectivity index (χ1v) is 5.79. The van der Waals surface area contributed by atoms with Gasteiger partial charge in [-0.15, -0.1) is 0 Å². The number of halogens is 1. The average molecular weight is 254 g/mol. The molecule has 0 fully saturated rings. The van der Waals surface area contributed by atoms with Gasteiger partial charge in [-0.1, -0.05) is 6.07 Å². The lowest BCUT2D eigenvalue weighted by atomic mass is 10.0. The lowest BCUT2D eigenvalue weighted by molar-refractivity contribution is 0.627. The van der Waals surface area contributed by atoms with Crippen molar-refractivity contribution in [3.8, 4) is 6.07 Å². The quantitative estimate of drug-likeness (QED) is 0.800. The van der Waals surface area contributed by atoms with E-state index in [0.29, 0.717) is 17.9 Å². The van der Waals surface area contributed by atoms with E-state index in [1.165, 1.54) is 12.1 Å². The first-order valence-electron chi connectivity index (χ1n) is 5.79. The summed E-state index contributed by atoms with van der Waals surface area (Å²) in [6.07, 6.45) is 3.61. The molecule has 0 unspecified atom stereocenters. The number of nitrogens with zero attached hydrogens (tertiary/aromatic N) is 2. The van der Waals surface area contributed by atoms with Crippen LogP contribution in [0.25, 0.3) is 0 Å². The van der Waals surface area contributed by atoms with E-state index < -0.39 is 0 Å². The zero-order valence-corrected chi connectivity index (χ0v) is 10.0. The molecular weight excluding hydrogens is 243 g/mol. The highest BCUT2D eigenvalue weighted by atomic mass is 19.1. The summed E-state index contributed by atoms with van der Waals surface area (Å²) in [7, 11) is 0. The van der Waals surface area contributed by atoms with Gasteiger partial charge in [0.15, 0.2) is 0 Å². The Morgan fingerprint density at radius 1 is 1.42 bits per heavy atom. The molecule has 4 nitrogen and oxygen atoms in total. The highest BCUT2D eigenvalue weighted by Gasteiger charge is 2.26. The molecule has 5 heteroatoms. The smallest absolute Gasteiger partial charge is 0.125 e. The van der Waals surface area contributed by atoms with Crippen LogP contribution in [0.4, 0.5) is 10.1 Å². The van der Waals surface area contributed by atoms with Gasteiger partial charge in [0.1, 0.15) is 23.3 Å². The molecule has 2 aliphatic heterocycles. The standard InChI is InChI=1S/C14H11FN4/c15-10-2-1-3-11(4-10)19-7-9-6-18-14(17)12(5-16)13(9)8-19/h1-4,6,8,18H,7,17H2. The largest absolute Gasteiger partial charge is 0.384 e. The van der Waals surface area contributed by atoms with Gasteiger partial charge in [-0.05, 0) is 23.8 Å². The molecular formula is C14H11FN4. The third-order valence-electron chi connectivity index (χ3n) is 3.16. The minimum atomic E-state index is -0.284. The molecule has 0 saturated carbocycles. The van der Waals surface area contributed by atoms with Crippen molar-refractivity contribution in [2.45, 2.75) is 0 Å². The predicted octanol–water partition coefficient (Wildman–Crippen LogP) is 1.71. The maximum Gasteiger partial charge on any atom is 0.125 e. The second-order valence-electron chi connectivity index (χ2n) is 4.36. The molecule has 0 saturated heterocycles. The molecule has 2 aliphatic rings. The van der Waals surface area contributed by atoms with Crippen LogP contribution in [0.2, 0.25) is 0 Å². The second-order valence-corrected chi connectivity index (χ2v) is 4.36. The van der Waals surface area contributed by atoms with Crippen LogP contribution < -0.4 is 16.0 Å². The Bertz CT molecular complexity index is 679. The number of dihydropyridines is 1. The summed E-state index contributed by atoms with van der Waals surface area (Å²) in [5, 5.41) is 12.0. The van der Waals surface area contributed by atoms with Gasteiger partial charge < -0.3 is 16.0 Å². The fourth-order valence-corrected chi connectivity index (χ4v) is 2.22. The summed E-state index contributed by atoms with van der Waals surface area (Å²) in [6.45, 7) is 0.588. The van der Waals surface area contributed by atoms with Gasteiger partial charge in [-0.25, -0.2) is 4.39 Å². The molecule has 0 spiro atoms. The van der Waals surface area contributed by atoms with E-state index in [0.717, 1.165) is 16.8 Å². The number of anilines is 1. The Morgan fingerprint density at radius 3 is 3.00 bits per heavy atom. The molecule has 0 aliphatic carbocycles. The number of nitrogens with two attached hydrogens (primary N) is 1. The number of hydrogen-bond acceptors (Lipinski definition) is 4. The molecule has 0 aromatic heterocycles. The van der Waals surface area contributed by atoms with Crippen molar-refractivity contribution in [3.05, 3.63) is 65.0 Å². The molecule has 0 bridgehead atoms. The van der Waals surface area contributed by atoms with E-state index >= 15 is 0 Å². The summed E-state index contributed by atoms with van der Waals surface area (Å²) in [5.74, 6) is 0.0621. The minimum absolute atomic E-state index is 0.284. The topological polar surface area (TPSA) is 65.1 Å². The van der Waals surface area contributed by atoms with E-state index in [9.17, 15) is 4.39 Å². The Balaban J connectivity index is 2.01. The molecule has 19 heavy (non-hydrogen) atoms. The van der Waals surface area contributed by atoms with Crippen molar-refractivity contribution < 1.29 is 4.39 Å². The third-order valence-corrected chi connectivity index (χ3v) is 3.16. The van der Waals surface area contributed by atoms with Crippen LogP contribution in [0.3, 0.4) is 0 Å². The minimum Gasteiger partial charge on any atom is -0.384 e. The zero-order valence-electron chi connectivity index (χ0n) is 10.0. The second kappa shape index (κ2) is 4.18. The first-order chi connectivity index (χ1) is 9.19. The molecule has 0 atom stereocenters. The first kappa shape index (κ1) is 11.4. The van der Waals surface area contributed by atoms with Gasteiger partial charge in [0.05, 0.1) is 0 Å². The molecule has 3 N–H and O–H groups in total. The van der Waals surface area contributed by atoms with E-state index in [2.05, 4.69) is 11.4 Å². The van der Waals surface area contributed by atoms with Crippen LogP contribution in [-0.2, 0) is 0 Å². The lowest BCUT2D eigenvalue weighted by Gasteiger charge is -2.16. The van der Waals surface area contributed by atoms with Gasteiger partial charge in [-0.2, -0.15) is 5.26 Å². The Hall–Kier alpha value is -2.74. The maximum atomic E-state index is 13.2. The fraction of sp³-hybridized carbons (Fsp3) is 0.0714. The van der Waals surface area contributed by atoms with Crippen molar-refractivity contribution in [1.82, 2.24) is 5.32 Å². The Morgan fingerprint density at radius 2 is 2.26 bits per heavy atom. The molecule has 2 heterocycles. The zero-order chi connectivity index (χ0) is 13.4. The SMILES string of the molecule is N#CC1=C(N)NC=C2CN(c3cccc(F)c3)C=C21. The average Bonchev–Trinajstić information content (AvgIpc) is 2.83. The summed E-state index contributed by atoms with van der Waals surface area (Å²) in [6, 6.07) is 8.44. The highest BCUT2D eigenvalue weighted by molar-refractivity contribution is 5.67. The van der Waals surface area contributed by atoms with Crippen molar-refractivity contribution in [3.63, 3.8) is 0 Å².